The highest BCUT2D eigenvalue weighted by Gasteiger charge is 2.48. The summed E-state index contributed by atoms with van der Waals surface area (Å²) < 4.78 is 24.7. The minimum absolute atomic E-state index is 0.301. The van der Waals surface area contributed by atoms with Crippen LogP contribution >= 0.6 is 0 Å². The van der Waals surface area contributed by atoms with Crippen LogP contribution in [0.15, 0.2) is 18.2 Å². The van der Waals surface area contributed by atoms with Crippen molar-refractivity contribution in [1.82, 2.24) is 5.32 Å². The fourth-order valence-corrected chi connectivity index (χ4v) is 2.90. The molecule has 2 rings (SSSR count). The van der Waals surface area contributed by atoms with E-state index < -0.39 is 11.3 Å². The van der Waals surface area contributed by atoms with Gasteiger partial charge in [0.25, 0.3) is 0 Å². The van der Waals surface area contributed by atoms with Crippen molar-refractivity contribution in [3.8, 4) is 5.75 Å². The van der Waals surface area contributed by atoms with E-state index in [1.165, 1.54) is 13.2 Å². The standard InChI is InChI=1S/C15H20FNO3/c1-4-20-14(18)10-8-17-9-15(10,2)13-11(16)6-5-7-12(13)19-3/h5-7,10,17H,4,8-9H2,1-3H3. The first-order chi connectivity index (χ1) is 9.54. The predicted octanol–water partition coefficient (Wildman–Crippen LogP) is 1.87. The highest BCUT2D eigenvalue weighted by molar-refractivity contribution is 5.76. The van der Waals surface area contributed by atoms with Crippen molar-refractivity contribution in [3.05, 3.63) is 29.6 Å². The highest BCUT2D eigenvalue weighted by Crippen LogP contribution is 2.42. The number of esters is 1. The Labute approximate surface area is 118 Å². The predicted molar refractivity (Wildman–Crippen MR) is 73.3 cm³/mol. The molecule has 1 aromatic rings. The smallest absolute Gasteiger partial charge is 0.311 e. The van der Waals surface area contributed by atoms with Crippen LogP contribution in [0.2, 0.25) is 0 Å². The first-order valence-electron chi connectivity index (χ1n) is 6.75. The number of rotatable bonds is 4. The molecule has 1 heterocycles. The van der Waals surface area contributed by atoms with Gasteiger partial charge in [-0.15, -0.1) is 0 Å². The molecule has 2 unspecified atom stereocenters. The quantitative estimate of drug-likeness (QED) is 0.856. The maximum absolute atomic E-state index is 14.3. The molecule has 5 heteroatoms. The lowest BCUT2D eigenvalue weighted by atomic mass is 9.73. The van der Waals surface area contributed by atoms with Crippen LogP contribution in [-0.2, 0) is 14.9 Å². The second kappa shape index (κ2) is 5.79. The van der Waals surface area contributed by atoms with E-state index >= 15 is 0 Å². The minimum Gasteiger partial charge on any atom is -0.496 e. The molecule has 1 N–H and O–H groups in total. The summed E-state index contributed by atoms with van der Waals surface area (Å²) in [6.07, 6.45) is 0. The zero-order valence-corrected chi connectivity index (χ0v) is 12.0. The summed E-state index contributed by atoms with van der Waals surface area (Å²) in [5.74, 6) is -0.617. The molecule has 0 spiro atoms. The van der Waals surface area contributed by atoms with Gasteiger partial charge in [-0.2, -0.15) is 0 Å². The Morgan fingerprint density at radius 2 is 2.30 bits per heavy atom. The Morgan fingerprint density at radius 1 is 1.55 bits per heavy atom. The number of carbonyl (C=O) groups excluding carboxylic acids is 1. The van der Waals surface area contributed by atoms with Crippen molar-refractivity contribution in [2.45, 2.75) is 19.3 Å². The molecule has 0 aliphatic carbocycles. The van der Waals surface area contributed by atoms with Crippen molar-refractivity contribution in [3.63, 3.8) is 0 Å². The minimum atomic E-state index is -0.678. The first kappa shape index (κ1) is 14.8. The number of benzene rings is 1. The average Bonchev–Trinajstić information content (AvgIpc) is 2.81. The Morgan fingerprint density at radius 3 is 2.95 bits per heavy atom. The van der Waals surface area contributed by atoms with E-state index in [0.717, 1.165) is 0 Å². The molecule has 0 aromatic heterocycles. The van der Waals surface area contributed by atoms with Gasteiger partial charge in [0.05, 0.1) is 19.6 Å². The van der Waals surface area contributed by atoms with Gasteiger partial charge in [0.15, 0.2) is 0 Å². The normalized spacial score (nSPS) is 25.5. The van der Waals surface area contributed by atoms with Crippen molar-refractivity contribution in [2.75, 3.05) is 26.8 Å². The van der Waals surface area contributed by atoms with E-state index in [1.54, 1.807) is 19.1 Å². The van der Waals surface area contributed by atoms with Crippen molar-refractivity contribution in [1.29, 1.82) is 0 Å². The third-order valence-corrected chi connectivity index (χ3v) is 3.95. The fraction of sp³-hybridized carbons (Fsp3) is 0.533. The van der Waals surface area contributed by atoms with E-state index in [1.807, 2.05) is 6.92 Å². The molecule has 110 valence electrons. The summed E-state index contributed by atoms with van der Waals surface area (Å²) in [6.45, 7) is 4.94. The number of nitrogens with one attached hydrogen (secondary N) is 1. The topological polar surface area (TPSA) is 47.6 Å². The van der Waals surface area contributed by atoms with E-state index in [9.17, 15) is 9.18 Å². The molecule has 0 amide bonds. The Bertz CT molecular complexity index is 506. The summed E-state index contributed by atoms with van der Waals surface area (Å²) in [5.41, 5.74) is -0.242. The van der Waals surface area contributed by atoms with Gasteiger partial charge in [-0.3, -0.25) is 4.79 Å². The monoisotopic (exact) mass is 281 g/mol. The van der Waals surface area contributed by atoms with Gasteiger partial charge in [0.1, 0.15) is 11.6 Å². The number of methoxy groups -OCH3 is 1. The van der Waals surface area contributed by atoms with E-state index in [-0.39, 0.29) is 11.8 Å². The molecule has 20 heavy (non-hydrogen) atoms. The van der Waals surface area contributed by atoms with Crippen LogP contribution in [0.5, 0.6) is 5.75 Å². The molecule has 1 aromatic carbocycles. The van der Waals surface area contributed by atoms with Crippen molar-refractivity contribution < 1.29 is 18.7 Å². The molecule has 0 bridgehead atoms. The van der Waals surface area contributed by atoms with Crippen LogP contribution in [0, 0.1) is 11.7 Å². The van der Waals surface area contributed by atoms with Crippen molar-refractivity contribution in [2.24, 2.45) is 5.92 Å². The van der Waals surface area contributed by atoms with E-state index in [2.05, 4.69) is 5.32 Å². The lowest BCUT2D eigenvalue weighted by molar-refractivity contribution is -0.149. The zero-order valence-electron chi connectivity index (χ0n) is 12.0. The maximum atomic E-state index is 14.3. The largest absolute Gasteiger partial charge is 0.496 e. The second-order valence-electron chi connectivity index (χ2n) is 5.17. The highest BCUT2D eigenvalue weighted by atomic mass is 19.1. The molecule has 1 aliphatic rings. The number of halogens is 1. The van der Waals surface area contributed by atoms with Crippen LogP contribution in [0.1, 0.15) is 19.4 Å². The van der Waals surface area contributed by atoms with E-state index in [4.69, 9.17) is 9.47 Å². The molecule has 1 saturated heterocycles. The van der Waals surface area contributed by atoms with E-state index in [0.29, 0.717) is 31.0 Å². The number of hydrogen-bond acceptors (Lipinski definition) is 4. The second-order valence-corrected chi connectivity index (χ2v) is 5.17. The molecule has 2 atom stereocenters. The van der Waals surface area contributed by atoms with Crippen molar-refractivity contribution >= 4 is 5.97 Å². The van der Waals surface area contributed by atoms with Crippen LogP contribution < -0.4 is 10.1 Å². The lowest BCUT2D eigenvalue weighted by Gasteiger charge is -2.31. The Balaban J connectivity index is 2.46. The lowest BCUT2D eigenvalue weighted by Crippen LogP contribution is -2.38. The first-order valence-corrected chi connectivity index (χ1v) is 6.75. The molecular formula is C15H20FNO3. The Kier molecular flexibility index (Phi) is 4.28. The molecule has 4 nitrogen and oxygen atoms in total. The van der Waals surface area contributed by atoms with Gasteiger partial charge in [-0.05, 0) is 19.1 Å². The van der Waals surface area contributed by atoms with Gasteiger partial charge >= 0.3 is 5.97 Å². The van der Waals surface area contributed by atoms with Crippen LogP contribution in [0.4, 0.5) is 4.39 Å². The van der Waals surface area contributed by atoms with Gasteiger partial charge in [-0.25, -0.2) is 4.39 Å². The summed E-state index contributed by atoms with van der Waals surface area (Å²) in [5, 5.41) is 3.16. The number of carbonyl (C=O) groups is 1. The van der Waals surface area contributed by atoms with Gasteiger partial charge in [-0.1, -0.05) is 13.0 Å². The zero-order chi connectivity index (χ0) is 14.8. The summed E-state index contributed by atoms with van der Waals surface area (Å²) in [6, 6.07) is 4.70. The molecule has 0 saturated carbocycles. The Hall–Kier alpha value is -1.62. The summed E-state index contributed by atoms with van der Waals surface area (Å²) >= 11 is 0. The SMILES string of the molecule is CCOC(=O)C1CNCC1(C)c1c(F)cccc1OC. The molecular weight excluding hydrogens is 261 g/mol. The number of ether oxygens (including phenoxy) is 2. The summed E-state index contributed by atoms with van der Waals surface area (Å²) in [7, 11) is 1.50. The van der Waals surface area contributed by atoms with Crippen LogP contribution in [0.25, 0.3) is 0 Å². The van der Waals surface area contributed by atoms with Gasteiger partial charge in [0.2, 0.25) is 0 Å². The van der Waals surface area contributed by atoms with Crippen LogP contribution in [-0.4, -0.2) is 32.8 Å². The molecule has 0 radical (unpaired) electrons. The molecule has 1 fully saturated rings. The molecule has 1 aliphatic heterocycles. The fourth-order valence-electron chi connectivity index (χ4n) is 2.90. The summed E-state index contributed by atoms with van der Waals surface area (Å²) in [4.78, 5) is 12.1. The van der Waals surface area contributed by atoms with Gasteiger partial charge in [0, 0.05) is 24.1 Å². The van der Waals surface area contributed by atoms with Gasteiger partial charge < -0.3 is 14.8 Å². The average molecular weight is 281 g/mol. The maximum Gasteiger partial charge on any atom is 0.311 e. The third kappa shape index (κ3) is 2.38. The third-order valence-electron chi connectivity index (χ3n) is 3.95. The van der Waals surface area contributed by atoms with Crippen LogP contribution in [0.3, 0.4) is 0 Å². The number of hydrogen-bond donors (Lipinski definition) is 1.